The molecule has 1 amide bonds. The zero-order chi connectivity index (χ0) is 15.0. The Hall–Kier alpha value is -1.28. The van der Waals surface area contributed by atoms with Crippen LogP contribution in [0.3, 0.4) is 0 Å². The quantitative estimate of drug-likeness (QED) is 0.676. The van der Waals surface area contributed by atoms with Gasteiger partial charge in [0.1, 0.15) is 11.6 Å². The lowest BCUT2D eigenvalue weighted by molar-refractivity contribution is -0.00608. The van der Waals surface area contributed by atoms with Crippen LogP contribution in [0.15, 0.2) is 0 Å². The molecule has 0 N–H and O–H groups in total. The van der Waals surface area contributed by atoms with Crippen LogP contribution in [0.25, 0.3) is 0 Å². The highest BCUT2D eigenvalue weighted by atomic mass is 16.6. The molecule has 0 radical (unpaired) electrons. The number of hydrogen-bond acceptors (Lipinski definition) is 4. The Balaban J connectivity index is 2.98. The van der Waals surface area contributed by atoms with Crippen molar-refractivity contribution in [3.63, 3.8) is 0 Å². The van der Waals surface area contributed by atoms with Crippen molar-refractivity contribution in [2.45, 2.75) is 59.4 Å². The number of likely N-dealkylation sites (N-methyl/N-ethyl adjacent to an activating group) is 1. The zero-order valence-corrected chi connectivity index (χ0v) is 13.0. The van der Waals surface area contributed by atoms with Gasteiger partial charge in [-0.15, -0.1) is 0 Å². The summed E-state index contributed by atoms with van der Waals surface area (Å²) in [5.41, 5.74) is -0.667. The molecular formula is C14H25N3O2. The summed E-state index contributed by atoms with van der Waals surface area (Å²) in [7, 11) is 1.88. The lowest BCUT2D eigenvalue weighted by Crippen LogP contribution is -2.50. The Labute approximate surface area is 116 Å². The molecule has 2 unspecified atom stereocenters. The average molecular weight is 267 g/mol. The SMILES string of the molecule is CN1C(C#N)CN(C(=O)OC(C)(C)C)C1C(C)(C)C. The summed E-state index contributed by atoms with van der Waals surface area (Å²) in [6.45, 7) is 12.1. The van der Waals surface area contributed by atoms with Gasteiger partial charge in [0.05, 0.1) is 18.8 Å². The number of hydrogen-bond donors (Lipinski definition) is 0. The molecule has 0 bridgehead atoms. The van der Waals surface area contributed by atoms with Crippen molar-refractivity contribution in [1.82, 2.24) is 9.80 Å². The van der Waals surface area contributed by atoms with E-state index in [4.69, 9.17) is 4.74 Å². The molecule has 5 heteroatoms. The van der Waals surface area contributed by atoms with Crippen molar-refractivity contribution < 1.29 is 9.53 Å². The molecule has 5 nitrogen and oxygen atoms in total. The fraction of sp³-hybridized carbons (Fsp3) is 0.857. The second kappa shape index (κ2) is 5.01. The Morgan fingerprint density at radius 2 is 1.79 bits per heavy atom. The molecule has 0 aromatic heterocycles. The number of ether oxygens (including phenoxy) is 1. The molecule has 1 saturated heterocycles. The molecule has 0 aromatic carbocycles. The van der Waals surface area contributed by atoms with Gasteiger partial charge >= 0.3 is 6.09 Å². The number of amides is 1. The fourth-order valence-corrected chi connectivity index (χ4v) is 2.51. The normalized spacial score (nSPS) is 25.3. The van der Waals surface area contributed by atoms with E-state index < -0.39 is 5.60 Å². The summed E-state index contributed by atoms with van der Waals surface area (Å²) in [5, 5.41) is 9.18. The van der Waals surface area contributed by atoms with Crippen LogP contribution in [0.1, 0.15) is 41.5 Å². The minimum absolute atomic E-state index is 0.132. The first kappa shape index (κ1) is 15.8. The Morgan fingerprint density at radius 1 is 1.26 bits per heavy atom. The van der Waals surface area contributed by atoms with E-state index in [1.165, 1.54) is 0 Å². The first-order valence-electron chi connectivity index (χ1n) is 6.58. The van der Waals surface area contributed by atoms with Crippen LogP contribution in [0, 0.1) is 16.7 Å². The predicted molar refractivity (Wildman–Crippen MR) is 73.3 cm³/mol. The van der Waals surface area contributed by atoms with Crippen molar-refractivity contribution in [3.8, 4) is 6.07 Å². The van der Waals surface area contributed by atoms with Gasteiger partial charge in [-0.3, -0.25) is 9.80 Å². The molecule has 1 aliphatic rings. The van der Waals surface area contributed by atoms with E-state index in [2.05, 4.69) is 26.8 Å². The maximum Gasteiger partial charge on any atom is 0.411 e. The molecule has 2 atom stereocenters. The number of nitrogens with zero attached hydrogens (tertiary/aromatic N) is 3. The van der Waals surface area contributed by atoms with Gasteiger partial charge in [-0.25, -0.2) is 4.79 Å². The van der Waals surface area contributed by atoms with E-state index >= 15 is 0 Å². The van der Waals surface area contributed by atoms with Gasteiger partial charge in [-0.05, 0) is 33.2 Å². The van der Waals surface area contributed by atoms with Gasteiger partial charge in [0, 0.05) is 0 Å². The van der Waals surface area contributed by atoms with Gasteiger partial charge in [0.15, 0.2) is 0 Å². The van der Waals surface area contributed by atoms with Crippen LogP contribution < -0.4 is 0 Å². The van der Waals surface area contributed by atoms with Gasteiger partial charge in [0.25, 0.3) is 0 Å². The summed E-state index contributed by atoms with van der Waals surface area (Å²) in [5.74, 6) is 0. The van der Waals surface area contributed by atoms with E-state index in [0.717, 1.165) is 0 Å². The van der Waals surface area contributed by atoms with E-state index in [-0.39, 0.29) is 23.7 Å². The first-order chi connectivity index (χ1) is 8.47. The van der Waals surface area contributed by atoms with Gasteiger partial charge in [0.2, 0.25) is 0 Å². The second-order valence-corrected chi connectivity index (χ2v) is 7.18. The van der Waals surface area contributed by atoms with Crippen molar-refractivity contribution in [1.29, 1.82) is 5.26 Å². The van der Waals surface area contributed by atoms with E-state index in [9.17, 15) is 10.1 Å². The molecule has 1 heterocycles. The highest BCUT2D eigenvalue weighted by Crippen LogP contribution is 2.33. The molecular weight excluding hydrogens is 242 g/mol. The molecule has 1 aliphatic heterocycles. The van der Waals surface area contributed by atoms with Crippen molar-refractivity contribution in [3.05, 3.63) is 0 Å². The number of nitriles is 1. The van der Waals surface area contributed by atoms with E-state index in [1.54, 1.807) is 4.90 Å². The molecule has 1 fully saturated rings. The lowest BCUT2D eigenvalue weighted by Gasteiger charge is -2.38. The third-order valence-electron chi connectivity index (χ3n) is 3.09. The van der Waals surface area contributed by atoms with Crippen molar-refractivity contribution in [2.24, 2.45) is 5.41 Å². The van der Waals surface area contributed by atoms with E-state index in [0.29, 0.717) is 6.54 Å². The zero-order valence-electron chi connectivity index (χ0n) is 13.0. The van der Waals surface area contributed by atoms with Gasteiger partial charge in [-0.1, -0.05) is 20.8 Å². The monoisotopic (exact) mass is 267 g/mol. The van der Waals surface area contributed by atoms with Crippen LogP contribution in [-0.2, 0) is 4.74 Å². The third kappa shape index (κ3) is 3.60. The standard InChI is InChI=1S/C14H25N3O2/c1-13(2,3)11-16(7)10(8-15)9-17(11)12(18)19-14(4,5)6/h10-11H,9H2,1-7H3. The molecule has 0 spiro atoms. The molecule has 108 valence electrons. The third-order valence-corrected chi connectivity index (χ3v) is 3.09. The van der Waals surface area contributed by atoms with E-state index in [1.807, 2.05) is 32.7 Å². The maximum atomic E-state index is 12.3. The largest absolute Gasteiger partial charge is 0.444 e. The van der Waals surface area contributed by atoms with Gasteiger partial charge < -0.3 is 4.74 Å². The predicted octanol–water partition coefficient (Wildman–Crippen LogP) is 2.43. The topological polar surface area (TPSA) is 56.6 Å². The summed E-state index contributed by atoms with van der Waals surface area (Å²) >= 11 is 0. The molecule has 19 heavy (non-hydrogen) atoms. The maximum absolute atomic E-state index is 12.3. The molecule has 1 rings (SSSR count). The highest BCUT2D eigenvalue weighted by Gasteiger charge is 2.47. The van der Waals surface area contributed by atoms with Crippen LogP contribution in [0.2, 0.25) is 0 Å². The minimum Gasteiger partial charge on any atom is -0.444 e. The second-order valence-electron chi connectivity index (χ2n) is 7.18. The van der Waals surface area contributed by atoms with Crippen LogP contribution in [0.5, 0.6) is 0 Å². The van der Waals surface area contributed by atoms with Crippen molar-refractivity contribution in [2.75, 3.05) is 13.6 Å². The number of rotatable bonds is 0. The number of carbonyl (C=O) groups is 1. The summed E-state index contributed by atoms with van der Waals surface area (Å²) in [6.07, 6.45) is -0.482. The smallest absolute Gasteiger partial charge is 0.411 e. The van der Waals surface area contributed by atoms with Crippen LogP contribution in [0.4, 0.5) is 4.79 Å². The minimum atomic E-state index is -0.525. The van der Waals surface area contributed by atoms with Crippen LogP contribution in [-0.4, -0.2) is 47.3 Å². The summed E-state index contributed by atoms with van der Waals surface area (Å²) in [4.78, 5) is 15.9. The molecule has 0 aliphatic carbocycles. The fourth-order valence-electron chi connectivity index (χ4n) is 2.51. The Kier molecular flexibility index (Phi) is 4.16. The summed E-state index contributed by atoms with van der Waals surface area (Å²) < 4.78 is 5.44. The van der Waals surface area contributed by atoms with Gasteiger partial charge in [-0.2, -0.15) is 5.26 Å². The van der Waals surface area contributed by atoms with Crippen LogP contribution >= 0.6 is 0 Å². The Bertz CT molecular complexity index is 387. The lowest BCUT2D eigenvalue weighted by atomic mass is 9.91. The molecule has 0 saturated carbocycles. The highest BCUT2D eigenvalue weighted by molar-refractivity contribution is 5.69. The average Bonchev–Trinajstić information content (AvgIpc) is 2.52. The van der Waals surface area contributed by atoms with Crippen molar-refractivity contribution >= 4 is 6.09 Å². The number of carbonyl (C=O) groups excluding carboxylic acids is 1. The molecule has 0 aromatic rings. The summed E-state index contributed by atoms with van der Waals surface area (Å²) in [6, 6.07) is 1.96. The Morgan fingerprint density at radius 3 is 2.16 bits per heavy atom. The first-order valence-corrected chi connectivity index (χ1v) is 6.58.